The van der Waals surface area contributed by atoms with Crippen molar-refractivity contribution in [3.8, 4) is 5.75 Å². The molecule has 0 bridgehead atoms. The zero-order valence-electron chi connectivity index (χ0n) is 14.4. The van der Waals surface area contributed by atoms with E-state index in [1.165, 1.54) is 7.11 Å². The highest BCUT2D eigenvalue weighted by atomic mass is 19.1. The number of aryl methyl sites for hydroxylation is 1. The van der Waals surface area contributed by atoms with Crippen LogP contribution in [0.2, 0.25) is 0 Å². The van der Waals surface area contributed by atoms with Gasteiger partial charge in [0.05, 0.1) is 7.11 Å². The minimum absolute atomic E-state index is 0.288. The average Bonchev–Trinajstić information content (AvgIpc) is 2.57. The van der Waals surface area contributed by atoms with Crippen molar-refractivity contribution in [1.29, 1.82) is 0 Å². The number of ether oxygens (including phenoxy) is 1. The molecule has 0 radical (unpaired) electrons. The first kappa shape index (κ1) is 16.6. The maximum Gasteiger partial charge on any atom is 0.165 e. The van der Waals surface area contributed by atoms with Crippen LogP contribution in [-0.4, -0.2) is 47.7 Å². The predicted octanol–water partition coefficient (Wildman–Crippen LogP) is 2.64. The number of hydrogen-bond donors (Lipinski definition) is 0. The van der Waals surface area contributed by atoms with Gasteiger partial charge in [-0.1, -0.05) is 6.07 Å². The van der Waals surface area contributed by atoms with Crippen molar-refractivity contribution in [2.75, 3.05) is 31.6 Å². The molecule has 0 saturated carbocycles. The molecule has 1 aliphatic heterocycles. The number of halogens is 1. The van der Waals surface area contributed by atoms with Crippen LogP contribution >= 0.6 is 0 Å². The molecule has 0 amide bonds. The van der Waals surface area contributed by atoms with Crippen LogP contribution in [0.3, 0.4) is 0 Å². The first-order valence-electron chi connectivity index (χ1n) is 8.18. The van der Waals surface area contributed by atoms with Crippen LogP contribution in [0.15, 0.2) is 30.5 Å². The van der Waals surface area contributed by atoms with Crippen molar-refractivity contribution in [3.63, 3.8) is 0 Å². The minimum Gasteiger partial charge on any atom is -0.494 e. The summed E-state index contributed by atoms with van der Waals surface area (Å²) < 4.78 is 18.8. The smallest absolute Gasteiger partial charge is 0.165 e. The van der Waals surface area contributed by atoms with Crippen molar-refractivity contribution in [3.05, 3.63) is 47.7 Å². The molecule has 1 saturated heterocycles. The summed E-state index contributed by atoms with van der Waals surface area (Å²) in [7, 11) is 1.48. The Balaban J connectivity index is 1.64. The SMILES string of the molecule is COc1ccc(CN2CCN(c3ccnc(C)n3)CC2C)cc1F. The highest BCUT2D eigenvalue weighted by Gasteiger charge is 2.24. The molecular formula is C18H23FN4O. The third-order valence-corrected chi connectivity index (χ3v) is 4.45. The van der Waals surface area contributed by atoms with E-state index in [0.29, 0.717) is 6.04 Å². The van der Waals surface area contributed by atoms with Gasteiger partial charge >= 0.3 is 0 Å². The van der Waals surface area contributed by atoms with E-state index in [-0.39, 0.29) is 11.6 Å². The van der Waals surface area contributed by atoms with E-state index < -0.39 is 0 Å². The Hall–Kier alpha value is -2.21. The lowest BCUT2D eigenvalue weighted by atomic mass is 10.1. The molecule has 0 spiro atoms. The number of benzene rings is 1. The van der Waals surface area contributed by atoms with Gasteiger partial charge in [-0.15, -0.1) is 0 Å². The molecule has 6 heteroatoms. The maximum atomic E-state index is 13.9. The summed E-state index contributed by atoms with van der Waals surface area (Å²) in [5.41, 5.74) is 0.964. The van der Waals surface area contributed by atoms with Gasteiger partial charge in [0.15, 0.2) is 11.6 Å². The van der Waals surface area contributed by atoms with Gasteiger partial charge in [-0.3, -0.25) is 4.90 Å². The molecule has 128 valence electrons. The second-order valence-corrected chi connectivity index (χ2v) is 6.20. The molecule has 0 N–H and O–H groups in total. The molecule has 2 aromatic rings. The number of rotatable bonds is 4. The Morgan fingerprint density at radius 1 is 1.29 bits per heavy atom. The van der Waals surface area contributed by atoms with Crippen LogP contribution in [0.5, 0.6) is 5.75 Å². The first-order chi connectivity index (χ1) is 11.6. The summed E-state index contributed by atoms with van der Waals surface area (Å²) >= 11 is 0. The Bertz CT molecular complexity index is 709. The van der Waals surface area contributed by atoms with Crippen LogP contribution in [0.4, 0.5) is 10.2 Å². The lowest BCUT2D eigenvalue weighted by Crippen LogP contribution is -2.51. The van der Waals surface area contributed by atoms with Crippen molar-refractivity contribution in [2.45, 2.75) is 26.4 Å². The van der Waals surface area contributed by atoms with Gasteiger partial charge in [0.25, 0.3) is 0 Å². The molecule has 5 nitrogen and oxygen atoms in total. The number of hydrogen-bond acceptors (Lipinski definition) is 5. The Morgan fingerprint density at radius 2 is 2.12 bits per heavy atom. The normalized spacial score (nSPS) is 18.7. The Kier molecular flexibility index (Phi) is 4.94. The van der Waals surface area contributed by atoms with Crippen molar-refractivity contribution in [2.24, 2.45) is 0 Å². The predicted molar refractivity (Wildman–Crippen MR) is 91.8 cm³/mol. The lowest BCUT2D eigenvalue weighted by molar-refractivity contribution is 0.180. The standard InChI is InChI=1S/C18H23FN4O/c1-13-11-23(18-6-7-20-14(2)21-18)9-8-22(13)12-15-4-5-17(24-3)16(19)10-15/h4-7,10,13H,8-9,11-12H2,1-3H3. The molecule has 24 heavy (non-hydrogen) atoms. The molecule has 1 aromatic heterocycles. The molecule has 1 aliphatic rings. The summed E-state index contributed by atoms with van der Waals surface area (Å²) in [4.78, 5) is 13.3. The molecule has 2 heterocycles. The van der Waals surface area contributed by atoms with Crippen molar-refractivity contribution < 1.29 is 9.13 Å². The van der Waals surface area contributed by atoms with Crippen molar-refractivity contribution >= 4 is 5.82 Å². The fraction of sp³-hybridized carbons (Fsp3) is 0.444. The van der Waals surface area contributed by atoms with E-state index in [4.69, 9.17) is 4.74 Å². The topological polar surface area (TPSA) is 41.5 Å². The van der Waals surface area contributed by atoms with Gasteiger partial charge in [0.2, 0.25) is 0 Å². The average molecular weight is 330 g/mol. The number of nitrogens with zero attached hydrogens (tertiary/aromatic N) is 4. The summed E-state index contributed by atoms with van der Waals surface area (Å²) in [6.07, 6.45) is 1.80. The van der Waals surface area contributed by atoms with E-state index in [1.807, 2.05) is 19.1 Å². The van der Waals surface area contributed by atoms with E-state index in [9.17, 15) is 4.39 Å². The monoisotopic (exact) mass is 330 g/mol. The zero-order valence-corrected chi connectivity index (χ0v) is 14.4. The lowest BCUT2D eigenvalue weighted by Gasteiger charge is -2.40. The summed E-state index contributed by atoms with van der Waals surface area (Å²) in [5, 5.41) is 0. The van der Waals surface area contributed by atoms with Crippen LogP contribution in [0.25, 0.3) is 0 Å². The Morgan fingerprint density at radius 3 is 2.79 bits per heavy atom. The second-order valence-electron chi connectivity index (χ2n) is 6.20. The quantitative estimate of drug-likeness (QED) is 0.862. The summed E-state index contributed by atoms with van der Waals surface area (Å²) in [6, 6.07) is 7.49. The highest BCUT2D eigenvalue weighted by Crippen LogP contribution is 2.22. The van der Waals surface area contributed by atoms with Crippen LogP contribution in [0, 0.1) is 12.7 Å². The molecule has 1 unspecified atom stereocenters. The number of aromatic nitrogens is 2. The molecule has 1 aromatic carbocycles. The third kappa shape index (κ3) is 3.64. The fourth-order valence-corrected chi connectivity index (χ4v) is 3.10. The Labute approximate surface area is 142 Å². The summed E-state index contributed by atoms with van der Waals surface area (Å²) in [5.74, 6) is 1.74. The summed E-state index contributed by atoms with van der Waals surface area (Å²) in [6.45, 7) is 7.55. The number of anilines is 1. The van der Waals surface area contributed by atoms with Crippen LogP contribution in [0.1, 0.15) is 18.3 Å². The minimum atomic E-state index is -0.308. The zero-order chi connectivity index (χ0) is 17.1. The van der Waals surface area contributed by atoms with Gasteiger partial charge in [0.1, 0.15) is 11.6 Å². The number of methoxy groups -OCH3 is 1. The van der Waals surface area contributed by atoms with E-state index in [0.717, 1.165) is 43.4 Å². The first-order valence-corrected chi connectivity index (χ1v) is 8.18. The largest absolute Gasteiger partial charge is 0.494 e. The van der Waals surface area contributed by atoms with E-state index in [2.05, 4.69) is 26.7 Å². The fourth-order valence-electron chi connectivity index (χ4n) is 3.10. The number of piperazine rings is 1. The maximum absolute atomic E-state index is 13.9. The van der Waals surface area contributed by atoms with Gasteiger partial charge in [-0.05, 0) is 37.6 Å². The second kappa shape index (κ2) is 7.13. The van der Waals surface area contributed by atoms with Gasteiger partial charge in [-0.2, -0.15) is 0 Å². The molecular weight excluding hydrogens is 307 g/mol. The van der Waals surface area contributed by atoms with Gasteiger partial charge in [0, 0.05) is 38.4 Å². The van der Waals surface area contributed by atoms with Gasteiger partial charge < -0.3 is 9.64 Å². The molecule has 1 fully saturated rings. The molecule has 1 atom stereocenters. The van der Waals surface area contributed by atoms with Gasteiger partial charge in [-0.25, -0.2) is 14.4 Å². The van der Waals surface area contributed by atoms with E-state index in [1.54, 1.807) is 18.3 Å². The van der Waals surface area contributed by atoms with Crippen LogP contribution in [-0.2, 0) is 6.54 Å². The molecule has 0 aliphatic carbocycles. The molecule has 3 rings (SSSR count). The highest BCUT2D eigenvalue weighted by molar-refractivity contribution is 5.38. The van der Waals surface area contributed by atoms with Crippen LogP contribution < -0.4 is 9.64 Å². The van der Waals surface area contributed by atoms with Crippen molar-refractivity contribution in [1.82, 2.24) is 14.9 Å². The third-order valence-electron chi connectivity index (χ3n) is 4.45. The van der Waals surface area contributed by atoms with E-state index >= 15 is 0 Å².